The van der Waals surface area contributed by atoms with Crippen molar-refractivity contribution in [2.45, 2.75) is 33.1 Å². The van der Waals surface area contributed by atoms with Gasteiger partial charge in [0.2, 0.25) is 0 Å². The quantitative estimate of drug-likeness (QED) is 0.568. The van der Waals surface area contributed by atoms with Gasteiger partial charge in [-0.25, -0.2) is 4.98 Å². The summed E-state index contributed by atoms with van der Waals surface area (Å²) in [5.74, 6) is 0. The van der Waals surface area contributed by atoms with Gasteiger partial charge in [0.05, 0.1) is 10.2 Å². The van der Waals surface area contributed by atoms with E-state index in [1.165, 1.54) is 21.4 Å². The number of hydrogen-bond donors (Lipinski definition) is 0. The number of fused-ring (bicyclic) bond motifs is 1. The number of rotatable bonds is 1. The molecule has 2 aromatic carbocycles. The van der Waals surface area contributed by atoms with Crippen molar-refractivity contribution in [3.05, 3.63) is 53.6 Å². The second-order valence-corrected chi connectivity index (χ2v) is 7.35. The highest BCUT2D eigenvalue weighted by Crippen LogP contribution is 2.32. The molecule has 0 aliphatic rings. The van der Waals surface area contributed by atoms with E-state index in [-0.39, 0.29) is 5.41 Å². The van der Waals surface area contributed by atoms with Crippen molar-refractivity contribution in [1.29, 1.82) is 0 Å². The summed E-state index contributed by atoms with van der Waals surface area (Å²) in [4.78, 5) is 4.73. The summed E-state index contributed by atoms with van der Waals surface area (Å²) < 4.78 is 1.26. The Hall–Kier alpha value is -1.67. The lowest BCUT2D eigenvalue weighted by Crippen LogP contribution is -2.10. The van der Waals surface area contributed by atoms with Crippen LogP contribution >= 0.6 is 11.3 Å². The largest absolute Gasteiger partial charge is 0.236 e. The maximum atomic E-state index is 4.73. The first-order valence-corrected chi connectivity index (χ1v) is 7.73. The third kappa shape index (κ3) is 2.48. The summed E-state index contributed by atoms with van der Waals surface area (Å²) in [5.41, 5.74) is 5.14. The van der Waals surface area contributed by atoms with Crippen LogP contribution in [0, 0.1) is 6.92 Å². The topological polar surface area (TPSA) is 12.9 Å². The third-order valence-corrected chi connectivity index (χ3v) is 4.61. The van der Waals surface area contributed by atoms with Crippen molar-refractivity contribution in [1.82, 2.24) is 4.98 Å². The van der Waals surface area contributed by atoms with Gasteiger partial charge in [0.1, 0.15) is 5.01 Å². The van der Waals surface area contributed by atoms with Crippen LogP contribution in [0.1, 0.15) is 31.9 Å². The highest BCUT2D eigenvalue weighted by molar-refractivity contribution is 7.21. The number of aryl methyl sites for hydroxylation is 1. The van der Waals surface area contributed by atoms with Gasteiger partial charge in [-0.3, -0.25) is 0 Å². The molecule has 20 heavy (non-hydrogen) atoms. The average molecular weight is 281 g/mol. The van der Waals surface area contributed by atoms with Gasteiger partial charge in [-0.15, -0.1) is 11.3 Å². The Kier molecular flexibility index (Phi) is 3.14. The smallest absolute Gasteiger partial charge is 0.124 e. The van der Waals surface area contributed by atoms with Crippen molar-refractivity contribution < 1.29 is 0 Å². The van der Waals surface area contributed by atoms with Crippen LogP contribution in [-0.2, 0) is 5.41 Å². The summed E-state index contributed by atoms with van der Waals surface area (Å²) in [5, 5.41) is 1.10. The van der Waals surface area contributed by atoms with E-state index in [0.29, 0.717) is 0 Å². The summed E-state index contributed by atoms with van der Waals surface area (Å²) in [7, 11) is 0. The van der Waals surface area contributed by atoms with Crippen LogP contribution in [0.5, 0.6) is 0 Å². The monoisotopic (exact) mass is 281 g/mol. The zero-order valence-electron chi connectivity index (χ0n) is 12.4. The molecule has 0 bridgehead atoms. The van der Waals surface area contributed by atoms with Crippen LogP contribution in [0.3, 0.4) is 0 Å². The minimum absolute atomic E-state index is 0.198. The van der Waals surface area contributed by atoms with E-state index in [4.69, 9.17) is 4.98 Å². The van der Waals surface area contributed by atoms with Crippen LogP contribution in [0.15, 0.2) is 42.5 Å². The molecular weight excluding hydrogens is 262 g/mol. The predicted octanol–water partition coefficient (Wildman–Crippen LogP) is 5.57. The first-order chi connectivity index (χ1) is 9.43. The fraction of sp³-hybridized carbons (Fsp3) is 0.278. The summed E-state index contributed by atoms with van der Waals surface area (Å²) in [6.07, 6.45) is 0. The Morgan fingerprint density at radius 1 is 0.950 bits per heavy atom. The Bertz CT molecular complexity index is 745. The summed E-state index contributed by atoms with van der Waals surface area (Å²) in [6.45, 7) is 8.84. The van der Waals surface area contributed by atoms with Crippen molar-refractivity contribution in [3.63, 3.8) is 0 Å². The molecule has 3 aromatic rings. The first-order valence-electron chi connectivity index (χ1n) is 6.91. The highest BCUT2D eigenvalue weighted by Gasteiger charge is 2.14. The van der Waals surface area contributed by atoms with Gasteiger partial charge < -0.3 is 0 Å². The van der Waals surface area contributed by atoms with E-state index in [0.717, 1.165) is 10.5 Å². The van der Waals surface area contributed by atoms with E-state index in [1.54, 1.807) is 11.3 Å². The van der Waals surface area contributed by atoms with Crippen molar-refractivity contribution >= 4 is 21.6 Å². The van der Waals surface area contributed by atoms with Crippen LogP contribution in [0.4, 0.5) is 0 Å². The van der Waals surface area contributed by atoms with Gasteiger partial charge >= 0.3 is 0 Å². The second-order valence-electron chi connectivity index (χ2n) is 6.32. The molecule has 0 fully saturated rings. The summed E-state index contributed by atoms with van der Waals surface area (Å²) >= 11 is 1.77. The van der Waals surface area contributed by atoms with Gasteiger partial charge in [0, 0.05) is 5.56 Å². The van der Waals surface area contributed by atoms with E-state index in [1.807, 2.05) is 0 Å². The molecule has 1 heterocycles. The van der Waals surface area contributed by atoms with Crippen LogP contribution in [0.2, 0.25) is 0 Å². The Morgan fingerprint density at radius 2 is 1.65 bits per heavy atom. The fourth-order valence-electron chi connectivity index (χ4n) is 2.27. The minimum Gasteiger partial charge on any atom is -0.236 e. The highest BCUT2D eigenvalue weighted by atomic mass is 32.1. The lowest BCUT2D eigenvalue weighted by atomic mass is 9.87. The van der Waals surface area contributed by atoms with Crippen molar-refractivity contribution in [2.24, 2.45) is 0 Å². The van der Waals surface area contributed by atoms with Gasteiger partial charge in [0.25, 0.3) is 0 Å². The lowest BCUT2D eigenvalue weighted by molar-refractivity contribution is 0.590. The minimum atomic E-state index is 0.198. The standard InChI is InChI=1S/C18H19NS/c1-12-5-10-15-16(11-12)20-17(19-15)13-6-8-14(9-7-13)18(2,3)4/h5-11H,1-4H3. The molecule has 0 spiro atoms. The van der Waals surface area contributed by atoms with E-state index < -0.39 is 0 Å². The predicted molar refractivity (Wildman–Crippen MR) is 88.5 cm³/mol. The molecule has 2 heteroatoms. The van der Waals surface area contributed by atoms with E-state index in [9.17, 15) is 0 Å². The van der Waals surface area contributed by atoms with E-state index >= 15 is 0 Å². The molecule has 102 valence electrons. The van der Waals surface area contributed by atoms with E-state index in [2.05, 4.69) is 70.2 Å². The van der Waals surface area contributed by atoms with Crippen molar-refractivity contribution in [2.75, 3.05) is 0 Å². The zero-order chi connectivity index (χ0) is 14.3. The van der Waals surface area contributed by atoms with Gasteiger partial charge in [-0.05, 0) is 35.6 Å². The molecule has 0 aliphatic carbocycles. The SMILES string of the molecule is Cc1ccc2nc(-c3ccc(C(C)(C)C)cc3)sc2c1. The first kappa shape index (κ1) is 13.3. The number of thiazole rings is 1. The number of nitrogens with zero attached hydrogens (tertiary/aromatic N) is 1. The summed E-state index contributed by atoms with van der Waals surface area (Å²) in [6, 6.07) is 15.2. The molecular formula is C18H19NS. The molecule has 0 saturated heterocycles. The maximum absolute atomic E-state index is 4.73. The maximum Gasteiger partial charge on any atom is 0.124 e. The van der Waals surface area contributed by atoms with Gasteiger partial charge in [-0.1, -0.05) is 51.1 Å². The zero-order valence-corrected chi connectivity index (χ0v) is 13.2. The molecule has 0 N–H and O–H groups in total. The number of hydrogen-bond acceptors (Lipinski definition) is 2. The average Bonchev–Trinajstić information content (AvgIpc) is 2.80. The lowest BCUT2D eigenvalue weighted by Gasteiger charge is -2.18. The number of benzene rings is 2. The Balaban J connectivity index is 2.02. The fourth-order valence-corrected chi connectivity index (χ4v) is 3.34. The molecule has 3 rings (SSSR count). The van der Waals surface area contributed by atoms with Gasteiger partial charge in [0.15, 0.2) is 0 Å². The molecule has 0 radical (unpaired) electrons. The molecule has 1 aromatic heterocycles. The van der Waals surface area contributed by atoms with Gasteiger partial charge in [-0.2, -0.15) is 0 Å². The van der Waals surface area contributed by atoms with Crippen LogP contribution < -0.4 is 0 Å². The van der Waals surface area contributed by atoms with Crippen LogP contribution in [-0.4, -0.2) is 4.98 Å². The molecule has 0 atom stereocenters. The number of aromatic nitrogens is 1. The molecule has 0 amide bonds. The Morgan fingerprint density at radius 3 is 2.30 bits per heavy atom. The van der Waals surface area contributed by atoms with Crippen molar-refractivity contribution in [3.8, 4) is 10.6 Å². The second kappa shape index (κ2) is 4.71. The third-order valence-electron chi connectivity index (χ3n) is 3.54. The molecule has 1 nitrogen and oxygen atoms in total. The normalized spacial score (nSPS) is 12.0. The Labute approximate surface area is 124 Å². The molecule has 0 saturated carbocycles. The molecule has 0 aliphatic heterocycles. The van der Waals surface area contributed by atoms with Crippen LogP contribution in [0.25, 0.3) is 20.8 Å². The molecule has 0 unspecified atom stereocenters.